The first-order valence-corrected chi connectivity index (χ1v) is 8.38. The molecule has 0 saturated heterocycles. The molecule has 3 N–H and O–H groups in total. The van der Waals surface area contributed by atoms with Crippen LogP contribution in [-0.2, 0) is 10.8 Å². The Kier molecular flexibility index (Phi) is 4.85. The van der Waals surface area contributed by atoms with Gasteiger partial charge in [-0.1, -0.05) is 47.6 Å². The molecule has 4 heteroatoms. The van der Waals surface area contributed by atoms with Crippen LogP contribution in [0.5, 0.6) is 11.5 Å². The zero-order valence-electron chi connectivity index (χ0n) is 15.8. The molecule has 0 aliphatic rings. The first kappa shape index (κ1) is 18.8. The Bertz CT molecular complexity index is 761. The van der Waals surface area contributed by atoms with Crippen molar-refractivity contribution in [3.05, 3.63) is 53.1 Å². The van der Waals surface area contributed by atoms with Gasteiger partial charge in [0.2, 0.25) is 0 Å². The summed E-state index contributed by atoms with van der Waals surface area (Å²) in [4.78, 5) is 12.7. The highest BCUT2D eigenvalue weighted by molar-refractivity contribution is 6.04. The molecule has 0 atom stereocenters. The number of rotatable bonds is 2. The second-order valence-corrected chi connectivity index (χ2v) is 8.42. The normalized spacial score (nSPS) is 12.1. The van der Waals surface area contributed by atoms with Gasteiger partial charge in [0.15, 0.2) is 0 Å². The summed E-state index contributed by atoms with van der Waals surface area (Å²) in [5, 5.41) is 23.1. The number of hydrogen-bond donors (Lipinski definition) is 3. The van der Waals surface area contributed by atoms with Crippen LogP contribution in [0.2, 0.25) is 0 Å². The monoisotopic (exact) mass is 341 g/mol. The van der Waals surface area contributed by atoms with Crippen LogP contribution in [0, 0.1) is 0 Å². The number of phenolic OH excluding ortho intramolecular Hbond substituents is 2. The van der Waals surface area contributed by atoms with Crippen LogP contribution in [-0.4, -0.2) is 16.1 Å². The Morgan fingerprint density at radius 1 is 0.880 bits per heavy atom. The topological polar surface area (TPSA) is 69.6 Å². The summed E-state index contributed by atoms with van der Waals surface area (Å²) in [6.45, 7) is 12.0. The van der Waals surface area contributed by atoms with Crippen LogP contribution in [0.15, 0.2) is 36.4 Å². The van der Waals surface area contributed by atoms with E-state index in [0.717, 1.165) is 11.1 Å². The first-order valence-electron chi connectivity index (χ1n) is 8.38. The summed E-state index contributed by atoms with van der Waals surface area (Å²) in [5.74, 6) is 0.0600. The molecule has 0 radical (unpaired) electrons. The Balaban J connectivity index is 2.51. The minimum absolute atomic E-state index is 0.0919. The van der Waals surface area contributed by atoms with E-state index in [1.165, 1.54) is 6.07 Å². The predicted octanol–water partition coefficient (Wildman–Crippen LogP) is 4.95. The van der Waals surface area contributed by atoms with Crippen molar-refractivity contribution >= 4 is 11.6 Å². The average molecular weight is 341 g/mol. The maximum Gasteiger partial charge on any atom is 0.255 e. The molecule has 4 nitrogen and oxygen atoms in total. The van der Waals surface area contributed by atoms with Gasteiger partial charge in [0.25, 0.3) is 5.91 Å². The van der Waals surface area contributed by atoms with E-state index in [1.54, 1.807) is 30.3 Å². The van der Waals surface area contributed by atoms with Crippen LogP contribution in [0.1, 0.15) is 63.0 Å². The molecule has 2 aromatic carbocycles. The summed E-state index contributed by atoms with van der Waals surface area (Å²) in [6, 6.07) is 9.90. The molecule has 2 rings (SSSR count). The highest BCUT2D eigenvalue weighted by Crippen LogP contribution is 2.39. The molecular weight excluding hydrogens is 314 g/mol. The van der Waals surface area contributed by atoms with E-state index in [-0.39, 0.29) is 28.2 Å². The molecule has 0 spiro atoms. The molecule has 134 valence electrons. The van der Waals surface area contributed by atoms with Crippen molar-refractivity contribution < 1.29 is 15.0 Å². The summed E-state index contributed by atoms with van der Waals surface area (Å²) in [5.41, 5.74) is 1.88. The van der Waals surface area contributed by atoms with Crippen molar-refractivity contribution in [3.63, 3.8) is 0 Å². The van der Waals surface area contributed by atoms with Crippen molar-refractivity contribution in [2.45, 2.75) is 52.4 Å². The molecule has 0 saturated carbocycles. The highest BCUT2D eigenvalue weighted by Gasteiger charge is 2.27. The maximum atomic E-state index is 12.7. The van der Waals surface area contributed by atoms with E-state index in [9.17, 15) is 15.0 Å². The minimum atomic E-state index is -0.300. The summed E-state index contributed by atoms with van der Waals surface area (Å²) < 4.78 is 0. The molecule has 0 aliphatic carbocycles. The number of amides is 1. The van der Waals surface area contributed by atoms with Gasteiger partial charge in [0.1, 0.15) is 11.5 Å². The van der Waals surface area contributed by atoms with Crippen LogP contribution >= 0.6 is 0 Å². The van der Waals surface area contributed by atoms with E-state index >= 15 is 0 Å². The standard InChI is InChI=1S/C21H27NO3/c1-20(2,3)16-10-13(11-17(18(16)24)21(4,5)6)19(25)22-14-8-7-9-15(23)12-14/h7-12,23-24H,1-6H3,(H,22,25). The summed E-state index contributed by atoms with van der Waals surface area (Å²) >= 11 is 0. The van der Waals surface area contributed by atoms with Crippen LogP contribution in [0.3, 0.4) is 0 Å². The lowest BCUT2D eigenvalue weighted by Gasteiger charge is -2.28. The van der Waals surface area contributed by atoms with Crippen molar-refractivity contribution in [3.8, 4) is 11.5 Å². The Morgan fingerprint density at radius 3 is 1.84 bits per heavy atom. The Labute approximate surface area is 149 Å². The Hall–Kier alpha value is -2.49. The second kappa shape index (κ2) is 6.43. The Morgan fingerprint density at radius 2 is 1.40 bits per heavy atom. The minimum Gasteiger partial charge on any atom is -0.508 e. The third-order valence-corrected chi connectivity index (χ3v) is 4.09. The van der Waals surface area contributed by atoms with Crippen LogP contribution in [0.4, 0.5) is 5.69 Å². The van der Waals surface area contributed by atoms with Crippen molar-refractivity contribution in [2.75, 3.05) is 5.32 Å². The molecule has 0 aromatic heterocycles. The lowest BCUT2D eigenvalue weighted by Crippen LogP contribution is -2.20. The average Bonchev–Trinajstić information content (AvgIpc) is 2.44. The first-order chi connectivity index (χ1) is 11.4. The zero-order chi connectivity index (χ0) is 19.0. The molecule has 0 bridgehead atoms. The quantitative estimate of drug-likeness (QED) is 0.724. The van der Waals surface area contributed by atoms with E-state index in [4.69, 9.17) is 0 Å². The molecular formula is C21H27NO3. The molecule has 0 aliphatic heterocycles. The van der Waals surface area contributed by atoms with Gasteiger partial charge in [-0.15, -0.1) is 0 Å². The number of benzene rings is 2. The van der Waals surface area contributed by atoms with Crippen molar-refractivity contribution in [1.29, 1.82) is 0 Å². The zero-order valence-corrected chi connectivity index (χ0v) is 15.8. The van der Waals surface area contributed by atoms with Gasteiger partial charge >= 0.3 is 0 Å². The number of anilines is 1. The van der Waals surface area contributed by atoms with Gasteiger partial charge in [-0.25, -0.2) is 0 Å². The predicted molar refractivity (Wildman–Crippen MR) is 102 cm³/mol. The summed E-state index contributed by atoms with van der Waals surface area (Å²) in [6.07, 6.45) is 0. The number of aromatic hydroxyl groups is 2. The van der Waals surface area contributed by atoms with Crippen molar-refractivity contribution in [1.82, 2.24) is 0 Å². The van der Waals surface area contributed by atoms with Gasteiger partial charge in [0.05, 0.1) is 0 Å². The molecule has 0 heterocycles. The van der Waals surface area contributed by atoms with E-state index < -0.39 is 0 Å². The van der Waals surface area contributed by atoms with Gasteiger partial charge in [-0.3, -0.25) is 4.79 Å². The SMILES string of the molecule is CC(C)(C)c1cc(C(=O)Nc2cccc(O)c2)cc(C(C)(C)C)c1O. The smallest absolute Gasteiger partial charge is 0.255 e. The molecule has 0 unspecified atom stereocenters. The number of hydrogen-bond acceptors (Lipinski definition) is 3. The van der Waals surface area contributed by atoms with E-state index in [2.05, 4.69) is 5.32 Å². The largest absolute Gasteiger partial charge is 0.508 e. The summed E-state index contributed by atoms with van der Waals surface area (Å²) in [7, 11) is 0. The molecule has 0 fully saturated rings. The lowest BCUT2D eigenvalue weighted by molar-refractivity contribution is 0.102. The maximum absolute atomic E-state index is 12.7. The third-order valence-electron chi connectivity index (χ3n) is 4.09. The van der Waals surface area contributed by atoms with Gasteiger partial charge in [-0.2, -0.15) is 0 Å². The number of carbonyl (C=O) groups excluding carboxylic acids is 1. The lowest BCUT2D eigenvalue weighted by atomic mass is 9.78. The highest BCUT2D eigenvalue weighted by atomic mass is 16.3. The fourth-order valence-electron chi connectivity index (χ4n) is 2.70. The van der Waals surface area contributed by atoms with Gasteiger partial charge in [0, 0.05) is 28.4 Å². The number of phenols is 2. The molecule has 1 amide bonds. The fourth-order valence-corrected chi connectivity index (χ4v) is 2.70. The second-order valence-electron chi connectivity index (χ2n) is 8.42. The number of carbonyl (C=O) groups is 1. The van der Waals surface area contributed by atoms with E-state index in [0.29, 0.717) is 11.3 Å². The van der Waals surface area contributed by atoms with Gasteiger partial charge < -0.3 is 15.5 Å². The molecule has 2 aromatic rings. The molecule has 25 heavy (non-hydrogen) atoms. The van der Waals surface area contributed by atoms with Crippen molar-refractivity contribution in [2.24, 2.45) is 0 Å². The third kappa shape index (κ3) is 4.32. The van der Waals surface area contributed by atoms with E-state index in [1.807, 2.05) is 41.5 Å². The van der Waals surface area contributed by atoms with Crippen LogP contribution < -0.4 is 5.32 Å². The fraction of sp³-hybridized carbons (Fsp3) is 0.381. The number of nitrogens with one attached hydrogen (secondary N) is 1. The van der Waals surface area contributed by atoms with Crippen LogP contribution in [0.25, 0.3) is 0 Å². The van der Waals surface area contributed by atoms with Gasteiger partial charge in [-0.05, 0) is 35.1 Å².